The molecule has 174 valence electrons. The van der Waals surface area contributed by atoms with E-state index in [9.17, 15) is 18.3 Å². The van der Waals surface area contributed by atoms with E-state index in [0.29, 0.717) is 31.6 Å². The summed E-state index contributed by atoms with van der Waals surface area (Å²) < 4.78 is 39.2. The van der Waals surface area contributed by atoms with Gasteiger partial charge in [0.05, 0.1) is 43.3 Å². The molecule has 0 bridgehead atoms. The first-order chi connectivity index (χ1) is 15.4. The fourth-order valence-corrected chi connectivity index (χ4v) is 4.97. The van der Waals surface area contributed by atoms with E-state index in [1.54, 1.807) is 36.7 Å². The third-order valence-electron chi connectivity index (χ3n) is 5.36. The molecule has 9 nitrogen and oxygen atoms in total. The van der Waals surface area contributed by atoms with Crippen LogP contribution in [-0.2, 0) is 26.0 Å². The van der Waals surface area contributed by atoms with Crippen LogP contribution >= 0.6 is 0 Å². The zero-order chi connectivity index (χ0) is 23.0. The topological polar surface area (TPSA) is 127 Å². The number of nitrogens with zero attached hydrogens (tertiary/aromatic N) is 1. The van der Waals surface area contributed by atoms with Gasteiger partial charge in [0.15, 0.2) is 0 Å². The molecule has 2 aromatic rings. The average Bonchev–Trinajstić information content (AvgIpc) is 2.80. The molecule has 3 atom stereocenters. The lowest BCUT2D eigenvalue weighted by atomic mass is 9.98. The summed E-state index contributed by atoms with van der Waals surface area (Å²) in [6.45, 7) is 0.128. The monoisotopic (exact) mass is 463 g/mol. The zero-order valence-electron chi connectivity index (χ0n) is 17.9. The molecule has 0 unspecified atom stereocenters. The van der Waals surface area contributed by atoms with Gasteiger partial charge >= 0.3 is 0 Å². The Kier molecular flexibility index (Phi) is 8.57. The van der Waals surface area contributed by atoms with Crippen LogP contribution in [0.4, 0.5) is 0 Å². The Morgan fingerprint density at radius 2 is 2.03 bits per heavy atom. The molecule has 1 aromatic heterocycles. The number of sulfonamides is 1. The number of aliphatic hydroxyl groups excluding tert-OH is 1. The number of pyridine rings is 1. The molecule has 0 aliphatic carbocycles. The SMILES string of the molecule is COc1cccc(S(=O)(=O)N[C@H]2CC[C@@H](CCNC(=O)Cc3ccncc3)O[C@H]2CO)c1. The van der Waals surface area contributed by atoms with Crippen LogP contribution in [-0.4, -0.2) is 62.9 Å². The van der Waals surface area contributed by atoms with Crippen LogP contribution in [0.1, 0.15) is 24.8 Å². The van der Waals surface area contributed by atoms with Crippen molar-refractivity contribution in [3.05, 3.63) is 54.4 Å². The van der Waals surface area contributed by atoms with E-state index in [-0.39, 0.29) is 29.9 Å². The summed E-state index contributed by atoms with van der Waals surface area (Å²) in [6.07, 6.45) is 4.44. The second-order valence-corrected chi connectivity index (χ2v) is 9.35. The number of benzene rings is 1. The predicted molar refractivity (Wildman–Crippen MR) is 118 cm³/mol. The Morgan fingerprint density at radius 3 is 2.75 bits per heavy atom. The summed E-state index contributed by atoms with van der Waals surface area (Å²) in [5.74, 6) is 0.354. The zero-order valence-corrected chi connectivity index (χ0v) is 18.8. The van der Waals surface area contributed by atoms with Gasteiger partial charge in [0.1, 0.15) is 5.75 Å². The fraction of sp³-hybridized carbons (Fsp3) is 0.455. The number of rotatable bonds is 10. The van der Waals surface area contributed by atoms with Crippen molar-refractivity contribution >= 4 is 15.9 Å². The molecule has 10 heteroatoms. The minimum atomic E-state index is -3.79. The van der Waals surface area contributed by atoms with Crippen molar-refractivity contribution in [3.63, 3.8) is 0 Å². The number of aromatic nitrogens is 1. The van der Waals surface area contributed by atoms with Gasteiger partial charge in [-0.2, -0.15) is 0 Å². The first kappa shape index (κ1) is 24.1. The van der Waals surface area contributed by atoms with Crippen molar-refractivity contribution in [1.82, 2.24) is 15.0 Å². The summed E-state index contributed by atoms with van der Waals surface area (Å²) in [6, 6.07) is 9.24. The lowest BCUT2D eigenvalue weighted by molar-refractivity contribution is -0.121. The summed E-state index contributed by atoms with van der Waals surface area (Å²) in [7, 11) is -2.32. The molecule has 1 amide bonds. The lowest BCUT2D eigenvalue weighted by Crippen LogP contribution is -2.51. The van der Waals surface area contributed by atoms with E-state index >= 15 is 0 Å². The standard InChI is InChI=1S/C22H29N3O6S/c1-30-18-3-2-4-19(14-18)32(28,29)25-20-6-5-17(31-21(20)15-26)9-12-24-22(27)13-16-7-10-23-11-8-16/h2-4,7-8,10-11,14,17,20-21,25-26H,5-6,9,12-13,15H2,1H3,(H,24,27)/t17-,20-,21-/m0/s1. The molecular weight excluding hydrogens is 434 g/mol. The van der Waals surface area contributed by atoms with Crippen LogP contribution in [0.25, 0.3) is 0 Å². The maximum Gasteiger partial charge on any atom is 0.241 e. The molecule has 32 heavy (non-hydrogen) atoms. The summed E-state index contributed by atoms with van der Waals surface area (Å²) in [4.78, 5) is 16.1. The second kappa shape index (κ2) is 11.4. The first-order valence-electron chi connectivity index (χ1n) is 10.5. The Bertz CT molecular complexity index is 986. The molecule has 1 fully saturated rings. The number of aliphatic hydroxyl groups is 1. The van der Waals surface area contributed by atoms with Gasteiger partial charge in [0.2, 0.25) is 15.9 Å². The molecule has 1 aromatic carbocycles. The Morgan fingerprint density at radius 1 is 1.25 bits per heavy atom. The molecule has 1 saturated heterocycles. The van der Waals surface area contributed by atoms with Crippen molar-refractivity contribution in [3.8, 4) is 5.75 Å². The maximum absolute atomic E-state index is 12.8. The van der Waals surface area contributed by atoms with E-state index in [0.717, 1.165) is 5.56 Å². The highest BCUT2D eigenvalue weighted by Crippen LogP contribution is 2.24. The number of carbonyl (C=O) groups is 1. The minimum Gasteiger partial charge on any atom is -0.497 e. The van der Waals surface area contributed by atoms with Crippen LogP contribution in [0, 0.1) is 0 Å². The largest absolute Gasteiger partial charge is 0.497 e. The van der Waals surface area contributed by atoms with E-state index in [2.05, 4.69) is 15.0 Å². The van der Waals surface area contributed by atoms with Gasteiger partial charge in [-0.15, -0.1) is 0 Å². The average molecular weight is 464 g/mol. The molecule has 1 aliphatic heterocycles. The molecule has 0 spiro atoms. The summed E-state index contributed by atoms with van der Waals surface area (Å²) >= 11 is 0. The molecule has 0 radical (unpaired) electrons. The Hall–Kier alpha value is -2.53. The number of carbonyl (C=O) groups excluding carboxylic acids is 1. The number of ether oxygens (including phenoxy) is 2. The lowest BCUT2D eigenvalue weighted by Gasteiger charge is -2.36. The number of nitrogens with one attached hydrogen (secondary N) is 2. The number of methoxy groups -OCH3 is 1. The summed E-state index contributed by atoms with van der Waals surface area (Å²) in [5.41, 5.74) is 0.887. The normalized spacial score (nSPS) is 21.1. The Labute approximate surface area is 188 Å². The van der Waals surface area contributed by atoms with Gasteiger partial charge in [-0.05, 0) is 49.1 Å². The highest BCUT2D eigenvalue weighted by atomic mass is 32.2. The molecule has 2 heterocycles. The number of hydrogen-bond acceptors (Lipinski definition) is 7. The first-order valence-corrected chi connectivity index (χ1v) is 12.0. The van der Waals surface area contributed by atoms with Crippen molar-refractivity contribution in [2.24, 2.45) is 0 Å². The van der Waals surface area contributed by atoms with E-state index in [1.807, 2.05) is 0 Å². The van der Waals surface area contributed by atoms with Crippen molar-refractivity contribution in [2.45, 2.75) is 48.8 Å². The molecule has 3 N–H and O–H groups in total. The highest BCUT2D eigenvalue weighted by Gasteiger charge is 2.34. The predicted octanol–water partition coefficient (Wildman–Crippen LogP) is 1.03. The summed E-state index contributed by atoms with van der Waals surface area (Å²) in [5, 5.41) is 12.6. The van der Waals surface area contributed by atoms with Crippen LogP contribution < -0.4 is 14.8 Å². The maximum atomic E-state index is 12.8. The van der Waals surface area contributed by atoms with E-state index < -0.39 is 22.2 Å². The minimum absolute atomic E-state index is 0.0883. The molecular formula is C22H29N3O6S. The van der Waals surface area contributed by atoms with Gasteiger partial charge in [-0.25, -0.2) is 13.1 Å². The van der Waals surface area contributed by atoms with Crippen molar-refractivity contribution < 1.29 is 27.8 Å². The number of hydrogen-bond donors (Lipinski definition) is 3. The Balaban J connectivity index is 1.48. The quantitative estimate of drug-likeness (QED) is 0.480. The molecule has 0 saturated carbocycles. The van der Waals surface area contributed by atoms with Gasteiger partial charge < -0.3 is 19.9 Å². The second-order valence-electron chi connectivity index (χ2n) is 7.63. The van der Waals surface area contributed by atoms with Crippen molar-refractivity contribution in [1.29, 1.82) is 0 Å². The van der Waals surface area contributed by atoms with E-state index in [4.69, 9.17) is 9.47 Å². The highest BCUT2D eigenvalue weighted by molar-refractivity contribution is 7.89. The third-order valence-corrected chi connectivity index (χ3v) is 6.84. The fourth-order valence-electron chi connectivity index (χ4n) is 3.64. The van der Waals surface area contributed by atoms with Gasteiger partial charge in [-0.3, -0.25) is 9.78 Å². The van der Waals surface area contributed by atoms with Crippen LogP contribution in [0.15, 0.2) is 53.7 Å². The van der Waals surface area contributed by atoms with Crippen LogP contribution in [0.2, 0.25) is 0 Å². The van der Waals surface area contributed by atoms with Gasteiger partial charge in [0.25, 0.3) is 0 Å². The van der Waals surface area contributed by atoms with Gasteiger partial charge in [0, 0.05) is 25.0 Å². The van der Waals surface area contributed by atoms with Gasteiger partial charge in [-0.1, -0.05) is 6.07 Å². The number of amides is 1. The van der Waals surface area contributed by atoms with E-state index in [1.165, 1.54) is 19.2 Å². The van der Waals surface area contributed by atoms with Crippen molar-refractivity contribution in [2.75, 3.05) is 20.3 Å². The van der Waals surface area contributed by atoms with Crippen LogP contribution in [0.5, 0.6) is 5.75 Å². The molecule has 3 rings (SSSR count). The molecule has 1 aliphatic rings. The van der Waals surface area contributed by atoms with Crippen LogP contribution in [0.3, 0.4) is 0 Å². The smallest absolute Gasteiger partial charge is 0.241 e. The third kappa shape index (κ3) is 6.73.